The van der Waals surface area contributed by atoms with Gasteiger partial charge in [-0.3, -0.25) is 0 Å². The van der Waals surface area contributed by atoms with Crippen LogP contribution in [0, 0.1) is 0 Å². The Hall–Kier alpha value is -0.220. The number of halogens is 1. The largest absolute Gasteiger partial charge is 0.121 e. The summed E-state index contributed by atoms with van der Waals surface area (Å²) in [7, 11) is 3.21. The smallest absolute Gasteiger partial charge is 0.0579 e. The van der Waals surface area contributed by atoms with Crippen molar-refractivity contribution in [1.82, 2.24) is 0 Å². The molecule has 6 heteroatoms. The van der Waals surface area contributed by atoms with E-state index in [0.29, 0.717) is 12.4 Å². The Morgan fingerprint density at radius 1 is 1.42 bits per heavy atom. The Labute approximate surface area is 83.3 Å². The van der Waals surface area contributed by atoms with Gasteiger partial charge in [0, 0.05) is 14.7 Å². The van der Waals surface area contributed by atoms with Crippen molar-refractivity contribution in [2.24, 2.45) is 5.11 Å². The van der Waals surface area contributed by atoms with Crippen molar-refractivity contribution in [3.8, 4) is 0 Å². The molecule has 0 radical (unpaired) electrons. The molecule has 0 atom stereocenters. The Bertz CT molecular complexity index is 268. The molecule has 0 aromatic rings. The average molecular weight is 220 g/mol. The van der Waals surface area contributed by atoms with E-state index < -0.39 is 0 Å². The maximum atomic E-state index is 8.07. The predicted molar refractivity (Wildman–Crippen MR) is 56.1 cm³/mol. The first kappa shape index (κ1) is 9.86. The van der Waals surface area contributed by atoms with E-state index in [9.17, 15) is 0 Å². The van der Waals surface area contributed by atoms with Gasteiger partial charge in [0.1, 0.15) is 0 Å². The Kier molecular flexibility index (Phi) is 4.46. The maximum absolute atomic E-state index is 8.07. The van der Waals surface area contributed by atoms with Crippen LogP contribution < -0.4 is 0 Å². The molecule has 0 aromatic carbocycles. The highest BCUT2D eigenvalue weighted by molar-refractivity contribution is 8.79. The summed E-state index contributed by atoms with van der Waals surface area (Å²) in [5.41, 5.74) is 8.07. The minimum atomic E-state index is 0.431. The van der Waals surface area contributed by atoms with Crippen molar-refractivity contribution in [3.63, 3.8) is 0 Å². The SMILES string of the molecule is [N-]=[N+]=NCC1=CC=C(CCl)SS1. The Morgan fingerprint density at radius 2 is 2.08 bits per heavy atom. The highest BCUT2D eigenvalue weighted by Crippen LogP contribution is 2.40. The third kappa shape index (κ3) is 3.03. The molecule has 1 heterocycles. The zero-order chi connectivity index (χ0) is 8.81. The molecule has 0 saturated carbocycles. The standard InChI is InChI=1S/C6H6ClN3S2/c7-3-5-1-2-6(12-11-5)4-9-10-8/h1-2H,3-4H2. The Balaban J connectivity index is 2.53. The van der Waals surface area contributed by atoms with Crippen LogP contribution in [0.3, 0.4) is 0 Å². The van der Waals surface area contributed by atoms with Crippen LogP contribution in [0.15, 0.2) is 27.1 Å². The van der Waals surface area contributed by atoms with Crippen molar-refractivity contribution in [3.05, 3.63) is 32.4 Å². The molecular weight excluding hydrogens is 214 g/mol. The van der Waals surface area contributed by atoms with Crippen LogP contribution in [0.25, 0.3) is 10.4 Å². The van der Waals surface area contributed by atoms with Gasteiger partial charge in [0.2, 0.25) is 0 Å². The summed E-state index contributed by atoms with van der Waals surface area (Å²) in [6, 6.07) is 0. The van der Waals surface area contributed by atoms with E-state index in [4.69, 9.17) is 17.1 Å². The van der Waals surface area contributed by atoms with E-state index >= 15 is 0 Å². The number of allylic oxidation sites excluding steroid dienone is 3. The van der Waals surface area contributed by atoms with Crippen LogP contribution >= 0.6 is 33.2 Å². The maximum Gasteiger partial charge on any atom is 0.0579 e. The lowest BCUT2D eigenvalue weighted by Crippen LogP contribution is -1.86. The summed E-state index contributed by atoms with van der Waals surface area (Å²) in [5.74, 6) is 0.545. The first-order valence-electron chi connectivity index (χ1n) is 3.18. The van der Waals surface area contributed by atoms with Crippen molar-refractivity contribution in [2.45, 2.75) is 0 Å². The van der Waals surface area contributed by atoms with E-state index in [0.717, 1.165) is 9.81 Å². The highest BCUT2D eigenvalue weighted by Gasteiger charge is 2.05. The lowest BCUT2D eigenvalue weighted by molar-refractivity contribution is 1.20. The van der Waals surface area contributed by atoms with Crippen LogP contribution in [0.5, 0.6) is 0 Å². The van der Waals surface area contributed by atoms with Gasteiger partial charge in [-0.05, 0) is 11.6 Å². The first-order valence-corrected chi connectivity index (χ1v) is 5.86. The van der Waals surface area contributed by atoms with Gasteiger partial charge < -0.3 is 0 Å². The van der Waals surface area contributed by atoms with Gasteiger partial charge in [0.05, 0.1) is 12.4 Å². The molecule has 3 nitrogen and oxygen atoms in total. The van der Waals surface area contributed by atoms with E-state index in [1.807, 2.05) is 12.2 Å². The lowest BCUT2D eigenvalue weighted by Gasteiger charge is -2.08. The fourth-order valence-electron chi connectivity index (χ4n) is 0.596. The average Bonchev–Trinajstić information content (AvgIpc) is 2.15. The normalized spacial score (nSPS) is 16.1. The van der Waals surface area contributed by atoms with Gasteiger partial charge in [-0.1, -0.05) is 32.8 Å². The third-order valence-electron chi connectivity index (χ3n) is 1.13. The summed E-state index contributed by atoms with van der Waals surface area (Å²) >= 11 is 5.62. The number of nitrogens with zero attached hydrogens (tertiary/aromatic N) is 3. The number of azide groups is 1. The van der Waals surface area contributed by atoms with E-state index in [-0.39, 0.29) is 0 Å². The summed E-state index contributed by atoms with van der Waals surface area (Å²) in [4.78, 5) is 4.88. The van der Waals surface area contributed by atoms with Crippen molar-refractivity contribution < 1.29 is 0 Å². The number of hydrogen-bond acceptors (Lipinski definition) is 3. The highest BCUT2D eigenvalue weighted by atomic mass is 35.5. The van der Waals surface area contributed by atoms with Crippen LogP contribution in [0.2, 0.25) is 0 Å². The summed E-state index contributed by atoms with van der Waals surface area (Å²) in [5, 5.41) is 3.46. The van der Waals surface area contributed by atoms with Crippen molar-refractivity contribution in [2.75, 3.05) is 12.4 Å². The molecule has 0 bridgehead atoms. The third-order valence-corrected chi connectivity index (χ3v) is 4.17. The fraction of sp³-hybridized carbons (Fsp3) is 0.333. The molecule has 1 aliphatic rings. The number of alkyl halides is 1. The molecule has 0 aromatic heterocycles. The van der Waals surface area contributed by atoms with E-state index in [1.165, 1.54) is 0 Å². The topological polar surface area (TPSA) is 48.8 Å². The van der Waals surface area contributed by atoms with E-state index in [2.05, 4.69) is 10.0 Å². The molecule has 64 valence electrons. The summed E-state index contributed by atoms with van der Waals surface area (Å²) in [6.07, 6.45) is 3.89. The zero-order valence-electron chi connectivity index (χ0n) is 6.11. The molecule has 0 N–H and O–H groups in total. The molecule has 0 spiro atoms. The molecule has 1 rings (SSSR count). The fourth-order valence-corrected chi connectivity index (χ4v) is 2.97. The summed E-state index contributed by atoms with van der Waals surface area (Å²) in [6.45, 7) is 0.431. The number of rotatable bonds is 3. The Morgan fingerprint density at radius 3 is 2.58 bits per heavy atom. The number of hydrogen-bond donors (Lipinski definition) is 0. The second kappa shape index (κ2) is 5.43. The van der Waals surface area contributed by atoms with Gasteiger partial charge in [-0.25, -0.2) is 0 Å². The molecule has 0 fully saturated rings. The lowest BCUT2D eigenvalue weighted by atomic mass is 10.4. The first-order chi connectivity index (χ1) is 5.86. The molecule has 1 aliphatic heterocycles. The second-order valence-corrected chi connectivity index (χ2v) is 4.60. The van der Waals surface area contributed by atoms with Gasteiger partial charge in [-0.15, -0.1) is 11.6 Å². The van der Waals surface area contributed by atoms with Crippen molar-refractivity contribution in [1.29, 1.82) is 0 Å². The molecule has 0 amide bonds. The van der Waals surface area contributed by atoms with Gasteiger partial charge >= 0.3 is 0 Å². The molecule has 0 saturated heterocycles. The van der Waals surface area contributed by atoms with Crippen LogP contribution in [-0.4, -0.2) is 12.4 Å². The minimum absolute atomic E-state index is 0.431. The zero-order valence-corrected chi connectivity index (χ0v) is 8.49. The quantitative estimate of drug-likeness (QED) is 0.239. The van der Waals surface area contributed by atoms with Crippen LogP contribution in [-0.2, 0) is 0 Å². The van der Waals surface area contributed by atoms with Gasteiger partial charge in [0.25, 0.3) is 0 Å². The molecule has 12 heavy (non-hydrogen) atoms. The van der Waals surface area contributed by atoms with Gasteiger partial charge in [-0.2, -0.15) is 0 Å². The molecular formula is C6H6ClN3S2. The van der Waals surface area contributed by atoms with Gasteiger partial charge in [0.15, 0.2) is 0 Å². The predicted octanol–water partition coefficient (Wildman–Crippen LogP) is 3.70. The van der Waals surface area contributed by atoms with Crippen LogP contribution in [0.1, 0.15) is 0 Å². The monoisotopic (exact) mass is 219 g/mol. The minimum Gasteiger partial charge on any atom is -0.121 e. The van der Waals surface area contributed by atoms with Crippen molar-refractivity contribution >= 4 is 33.2 Å². The summed E-state index contributed by atoms with van der Waals surface area (Å²) < 4.78 is 0. The van der Waals surface area contributed by atoms with E-state index in [1.54, 1.807) is 21.6 Å². The molecule has 0 aliphatic carbocycles. The molecule has 0 unspecified atom stereocenters. The van der Waals surface area contributed by atoms with Crippen LogP contribution in [0.4, 0.5) is 0 Å². The second-order valence-electron chi connectivity index (χ2n) is 1.96.